The molecule has 1 amide bonds. The Morgan fingerprint density at radius 2 is 2.12 bits per heavy atom. The Kier molecular flexibility index (Phi) is 2.53. The van der Waals surface area contributed by atoms with E-state index in [-0.39, 0.29) is 5.91 Å². The van der Waals surface area contributed by atoms with Crippen LogP contribution in [0.4, 0.5) is 0 Å². The highest BCUT2D eigenvalue weighted by atomic mass is 16.5. The van der Waals surface area contributed by atoms with Gasteiger partial charge in [-0.15, -0.1) is 0 Å². The first-order valence-corrected chi connectivity index (χ1v) is 5.65. The van der Waals surface area contributed by atoms with Gasteiger partial charge in [0.15, 0.2) is 0 Å². The number of fused-ring (bicyclic) bond motifs is 1. The van der Waals surface area contributed by atoms with Crippen LogP contribution in [0.3, 0.4) is 0 Å². The van der Waals surface area contributed by atoms with Crippen LogP contribution in [-0.4, -0.2) is 46.7 Å². The number of carbonyl (C=O) groups excluding carboxylic acids is 1. The smallest absolute Gasteiger partial charge is 0.256 e. The Morgan fingerprint density at radius 1 is 1.29 bits per heavy atom. The summed E-state index contributed by atoms with van der Waals surface area (Å²) in [4.78, 5) is 14.2. The van der Waals surface area contributed by atoms with Crippen LogP contribution in [0.2, 0.25) is 0 Å². The third kappa shape index (κ3) is 1.78. The molecule has 0 bridgehead atoms. The van der Waals surface area contributed by atoms with Gasteiger partial charge in [-0.05, 0) is 18.2 Å². The molecule has 17 heavy (non-hydrogen) atoms. The minimum absolute atomic E-state index is 0.0550. The van der Waals surface area contributed by atoms with Crippen molar-refractivity contribution < 1.29 is 9.53 Å². The van der Waals surface area contributed by atoms with E-state index in [0.29, 0.717) is 31.9 Å². The number of pyridine rings is 1. The van der Waals surface area contributed by atoms with Crippen LogP contribution in [0, 0.1) is 0 Å². The number of hydrogen-bond donors (Lipinski definition) is 0. The zero-order valence-corrected chi connectivity index (χ0v) is 9.37. The van der Waals surface area contributed by atoms with Gasteiger partial charge < -0.3 is 9.64 Å². The second kappa shape index (κ2) is 4.18. The SMILES string of the molecule is O=C(c1cccn2nccc12)N1CCOCC1. The van der Waals surface area contributed by atoms with Crippen molar-refractivity contribution in [1.82, 2.24) is 14.5 Å². The first-order valence-electron chi connectivity index (χ1n) is 5.65. The molecule has 0 spiro atoms. The number of carbonyl (C=O) groups is 1. The van der Waals surface area contributed by atoms with Crippen molar-refractivity contribution >= 4 is 11.4 Å². The Balaban J connectivity index is 1.97. The van der Waals surface area contributed by atoms with Crippen molar-refractivity contribution in [1.29, 1.82) is 0 Å². The summed E-state index contributed by atoms with van der Waals surface area (Å²) in [5, 5.41) is 4.13. The largest absolute Gasteiger partial charge is 0.378 e. The van der Waals surface area contributed by atoms with E-state index in [9.17, 15) is 4.79 Å². The number of rotatable bonds is 1. The van der Waals surface area contributed by atoms with Crippen molar-refractivity contribution in [2.24, 2.45) is 0 Å². The van der Waals surface area contributed by atoms with Crippen LogP contribution in [-0.2, 0) is 4.74 Å². The summed E-state index contributed by atoms with van der Waals surface area (Å²) in [7, 11) is 0. The predicted molar refractivity (Wildman–Crippen MR) is 61.9 cm³/mol. The third-order valence-corrected chi connectivity index (χ3v) is 2.97. The Bertz CT molecular complexity index is 543. The van der Waals surface area contributed by atoms with Crippen molar-refractivity contribution in [2.45, 2.75) is 0 Å². The highest BCUT2D eigenvalue weighted by Gasteiger charge is 2.20. The summed E-state index contributed by atoms with van der Waals surface area (Å²) in [6.07, 6.45) is 3.54. The maximum Gasteiger partial charge on any atom is 0.256 e. The molecule has 3 heterocycles. The fourth-order valence-electron chi connectivity index (χ4n) is 2.07. The molecule has 3 rings (SSSR count). The molecule has 0 saturated carbocycles. The molecule has 0 aromatic carbocycles. The normalized spacial score (nSPS) is 16.4. The second-order valence-electron chi connectivity index (χ2n) is 3.99. The molecular weight excluding hydrogens is 218 g/mol. The van der Waals surface area contributed by atoms with E-state index >= 15 is 0 Å². The van der Waals surface area contributed by atoms with Gasteiger partial charge in [-0.1, -0.05) is 0 Å². The molecule has 0 atom stereocenters. The average molecular weight is 231 g/mol. The minimum atomic E-state index is 0.0550. The van der Waals surface area contributed by atoms with Crippen LogP contribution < -0.4 is 0 Å². The van der Waals surface area contributed by atoms with Gasteiger partial charge in [0, 0.05) is 19.3 Å². The molecule has 5 heteroatoms. The summed E-state index contributed by atoms with van der Waals surface area (Å²) in [5.74, 6) is 0.0550. The minimum Gasteiger partial charge on any atom is -0.378 e. The number of hydrogen-bond acceptors (Lipinski definition) is 3. The molecule has 0 aliphatic carbocycles. The Hall–Kier alpha value is -1.88. The number of amides is 1. The second-order valence-corrected chi connectivity index (χ2v) is 3.99. The lowest BCUT2D eigenvalue weighted by atomic mass is 10.2. The molecule has 0 unspecified atom stereocenters. The standard InChI is InChI=1S/C12H13N3O2/c16-12(14-6-8-17-9-7-14)10-2-1-5-15-11(10)3-4-13-15/h1-5H,6-9H2. The Morgan fingerprint density at radius 3 is 2.94 bits per heavy atom. The molecule has 2 aromatic heterocycles. The average Bonchev–Trinajstić information content (AvgIpc) is 2.87. The summed E-state index contributed by atoms with van der Waals surface area (Å²) in [6, 6.07) is 5.54. The zero-order valence-electron chi connectivity index (χ0n) is 9.37. The summed E-state index contributed by atoms with van der Waals surface area (Å²) < 4.78 is 6.96. The molecule has 0 radical (unpaired) electrons. The van der Waals surface area contributed by atoms with Crippen LogP contribution in [0.5, 0.6) is 0 Å². The molecular formula is C12H13N3O2. The molecule has 1 aliphatic rings. The molecule has 88 valence electrons. The fraction of sp³-hybridized carbons (Fsp3) is 0.333. The highest BCUT2D eigenvalue weighted by molar-refractivity contribution is 6.00. The molecule has 1 fully saturated rings. The van der Waals surface area contributed by atoms with E-state index in [1.54, 1.807) is 10.7 Å². The molecule has 1 saturated heterocycles. The van der Waals surface area contributed by atoms with E-state index in [2.05, 4.69) is 5.10 Å². The number of ether oxygens (including phenoxy) is 1. The maximum absolute atomic E-state index is 12.3. The number of morpholine rings is 1. The maximum atomic E-state index is 12.3. The lowest BCUT2D eigenvalue weighted by molar-refractivity contribution is 0.0304. The third-order valence-electron chi connectivity index (χ3n) is 2.97. The number of aromatic nitrogens is 2. The zero-order chi connectivity index (χ0) is 11.7. The van der Waals surface area contributed by atoms with Gasteiger partial charge in [0.1, 0.15) is 0 Å². The highest BCUT2D eigenvalue weighted by Crippen LogP contribution is 2.13. The van der Waals surface area contributed by atoms with Crippen LogP contribution in [0.25, 0.3) is 5.52 Å². The van der Waals surface area contributed by atoms with Crippen molar-refractivity contribution in [3.8, 4) is 0 Å². The van der Waals surface area contributed by atoms with Crippen molar-refractivity contribution in [3.63, 3.8) is 0 Å². The molecule has 2 aromatic rings. The summed E-state index contributed by atoms with van der Waals surface area (Å²) in [6.45, 7) is 2.56. The summed E-state index contributed by atoms with van der Waals surface area (Å²) >= 11 is 0. The van der Waals surface area contributed by atoms with Crippen molar-refractivity contribution in [3.05, 3.63) is 36.2 Å². The predicted octanol–water partition coefficient (Wildman–Crippen LogP) is 0.807. The first kappa shape index (κ1) is 10.3. The molecule has 5 nitrogen and oxygen atoms in total. The van der Waals surface area contributed by atoms with Gasteiger partial charge in [-0.25, -0.2) is 4.52 Å². The van der Waals surface area contributed by atoms with E-state index in [1.165, 1.54) is 0 Å². The number of nitrogens with zero attached hydrogens (tertiary/aromatic N) is 3. The van der Waals surface area contributed by atoms with Crippen LogP contribution >= 0.6 is 0 Å². The Labute approximate surface area is 98.6 Å². The quantitative estimate of drug-likeness (QED) is 0.729. The lowest BCUT2D eigenvalue weighted by Crippen LogP contribution is -2.40. The monoisotopic (exact) mass is 231 g/mol. The lowest BCUT2D eigenvalue weighted by Gasteiger charge is -2.27. The first-order chi connectivity index (χ1) is 8.36. The van der Waals surface area contributed by atoms with E-state index in [1.807, 2.05) is 29.3 Å². The van der Waals surface area contributed by atoms with E-state index in [4.69, 9.17) is 4.74 Å². The van der Waals surface area contributed by atoms with Gasteiger partial charge in [0.25, 0.3) is 5.91 Å². The fourth-order valence-corrected chi connectivity index (χ4v) is 2.07. The van der Waals surface area contributed by atoms with E-state index in [0.717, 1.165) is 5.52 Å². The molecule has 1 aliphatic heterocycles. The van der Waals surface area contributed by atoms with Gasteiger partial charge >= 0.3 is 0 Å². The van der Waals surface area contributed by atoms with Gasteiger partial charge in [0.05, 0.1) is 30.5 Å². The summed E-state index contributed by atoms with van der Waals surface area (Å²) in [5.41, 5.74) is 1.55. The van der Waals surface area contributed by atoms with Gasteiger partial charge in [0.2, 0.25) is 0 Å². The van der Waals surface area contributed by atoms with Crippen LogP contribution in [0.1, 0.15) is 10.4 Å². The van der Waals surface area contributed by atoms with Crippen LogP contribution in [0.15, 0.2) is 30.6 Å². The topological polar surface area (TPSA) is 46.8 Å². The van der Waals surface area contributed by atoms with E-state index < -0.39 is 0 Å². The van der Waals surface area contributed by atoms with Crippen molar-refractivity contribution in [2.75, 3.05) is 26.3 Å². The van der Waals surface area contributed by atoms with Gasteiger partial charge in [-0.2, -0.15) is 5.10 Å². The molecule has 0 N–H and O–H groups in total. The van der Waals surface area contributed by atoms with Gasteiger partial charge in [-0.3, -0.25) is 4.79 Å².